The van der Waals surface area contributed by atoms with Crippen LogP contribution < -0.4 is 4.90 Å². The average Bonchev–Trinajstić information content (AvgIpc) is 4.02. The van der Waals surface area contributed by atoms with Crippen LogP contribution in [0.15, 0.2) is 237 Å². The van der Waals surface area contributed by atoms with Gasteiger partial charge in [0.1, 0.15) is 0 Å². The number of rotatable bonds is 7. The summed E-state index contributed by atoms with van der Waals surface area (Å²) >= 11 is 1.85. The molecule has 3 nitrogen and oxygen atoms in total. The van der Waals surface area contributed by atoms with Crippen LogP contribution >= 0.6 is 11.3 Å². The van der Waals surface area contributed by atoms with Crippen LogP contribution in [-0.4, -0.2) is 9.13 Å². The van der Waals surface area contributed by atoms with Crippen LogP contribution in [-0.2, 0) is 0 Å². The Morgan fingerprint density at radius 1 is 0.297 bits per heavy atom. The van der Waals surface area contributed by atoms with Gasteiger partial charge in [0.2, 0.25) is 0 Å². The van der Waals surface area contributed by atoms with Crippen LogP contribution in [0, 0.1) is 0 Å². The van der Waals surface area contributed by atoms with E-state index in [4.69, 9.17) is 0 Å². The van der Waals surface area contributed by atoms with Crippen molar-refractivity contribution in [1.29, 1.82) is 0 Å². The zero-order valence-electron chi connectivity index (χ0n) is 34.8. The Morgan fingerprint density at radius 2 is 0.781 bits per heavy atom. The van der Waals surface area contributed by atoms with Crippen molar-refractivity contribution >= 4 is 92.2 Å². The predicted molar refractivity (Wildman–Crippen MR) is 274 cm³/mol. The van der Waals surface area contributed by atoms with Crippen molar-refractivity contribution in [3.05, 3.63) is 237 Å². The molecule has 0 aliphatic carbocycles. The van der Waals surface area contributed by atoms with Crippen LogP contribution in [0.2, 0.25) is 0 Å². The standard InChI is InChI=1S/C60H39N3S/c1-7-22-54(63-57-25-10-4-19-50(57)51-20-5-11-26-58(51)63)47(16-1)41-30-34-44(35-31-41)61(46-36-37-53-52-21-6-12-27-59(52)64-60(53)39-46)43-32-28-40(29-33-43)42-14-13-15-45(38-42)62-55-23-8-2-17-48(55)49-18-3-9-24-56(49)62/h1-39H. The summed E-state index contributed by atoms with van der Waals surface area (Å²) in [5.41, 5.74) is 15.2. The van der Waals surface area contributed by atoms with E-state index in [1.54, 1.807) is 0 Å². The van der Waals surface area contributed by atoms with E-state index < -0.39 is 0 Å². The summed E-state index contributed by atoms with van der Waals surface area (Å²) in [5.74, 6) is 0. The van der Waals surface area contributed by atoms with Crippen LogP contribution in [0.3, 0.4) is 0 Å². The van der Waals surface area contributed by atoms with Crippen LogP contribution in [0.4, 0.5) is 17.1 Å². The molecular formula is C60H39N3S. The van der Waals surface area contributed by atoms with E-state index in [0.29, 0.717) is 0 Å². The third-order valence-electron chi connectivity index (χ3n) is 12.9. The highest BCUT2D eigenvalue weighted by molar-refractivity contribution is 7.25. The lowest BCUT2D eigenvalue weighted by molar-refractivity contribution is 1.18. The minimum absolute atomic E-state index is 1.10. The molecule has 10 aromatic carbocycles. The van der Waals surface area contributed by atoms with Gasteiger partial charge in [0.25, 0.3) is 0 Å². The Hall–Kier alpha value is -8.18. The van der Waals surface area contributed by atoms with Crippen LogP contribution in [0.1, 0.15) is 0 Å². The Labute approximate surface area is 374 Å². The predicted octanol–water partition coefficient (Wildman–Crippen LogP) is 17.1. The Kier molecular flexibility index (Phi) is 8.40. The molecule has 13 aromatic rings. The highest BCUT2D eigenvalue weighted by Gasteiger charge is 2.19. The maximum Gasteiger partial charge on any atom is 0.0541 e. The largest absolute Gasteiger partial charge is 0.310 e. The van der Waals surface area contributed by atoms with E-state index in [0.717, 1.165) is 28.4 Å². The number of thiophene rings is 1. The summed E-state index contributed by atoms with van der Waals surface area (Å²) in [6.45, 7) is 0. The van der Waals surface area contributed by atoms with Gasteiger partial charge in [0, 0.05) is 70.0 Å². The molecule has 0 amide bonds. The number of hydrogen-bond acceptors (Lipinski definition) is 2. The van der Waals surface area contributed by atoms with Gasteiger partial charge in [0.15, 0.2) is 0 Å². The number of hydrogen-bond donors (Lipinski definition) is 0. The normalized spacial score (nSPS) is 11.8. The van der Waals surface area contributed by atoms with Crippen LogP contribution in [0.25, 0.3) is 97.4 Å². The Morgan fingerprint density at radius 3 is 1.41 bits per heavy atom. The second-order valence-corrected chi connectivity index (χ2v) is 17.6. The quantitative estimate of drug-likeness (QED) is 0.156. The average molecular weight is 834 g/mol. The van der Waals surface area contributed by atoms with Gasteiger partial charge < -0.3 is 14.0 Å². The van der Waals surface area contributed by atoms with Crippen molar-refractivity contribution in [1.82, 2.24) is 9.13 Å². The molecule has 64 heavy (non-hydrogen) atoms. The molecule has 13 rings (SSSR count). The van der Waals surface area contributed by atoms with E-state index in [-0.39, 0.29) is 0 Å². The van der Waals surface area contributed by atoms with Gasteiger partial charge in [-0.25, -0.2) is 0 Å². The van der Waals surface area contributed by atoms with Crippen LogP contribution in [0.5, 0.6) is 0 Å². The molecule has 0 atom stereocenters. The number of nitrogens with zero attached hydrogens (tertiary/aromatic N) is 3. The van der Waals surface area contributed by atoms with E-state index >= 15 is 0 Å². The van der Waals surface area contributed by atoms with E-state index in [9.17, 15) is 0 Å². The molecular weight excluding hydrogens is 795 g/mol. The van der Waals surface area contributed by atoms with Gasteiger partial charge in [-0.2, -0.15) is 0 Å². The highest BCUT2D eigenvalue weighted by Crippen LogP contribution is 2.43. The monoisotopic (exact) mass is 833 g/mol. The zero-order valence-corrected chi connectivity index (χ0v) is 35.6. The third kappa shape index (κ3) is 5.81. The SMILES string of the molecule is c1cc(-c2ccc(N(c3ccc(-c4ccccc4-n4c5ccccc5c5ccccc54)cc3)c3ccc4c(c3)sc3ccccc34)cc2)cc(-n2c3ccccc3c3ccccc32)c1. The summed E-state index contributed by atoms with van der Waals surface area (Å²) in [6, 6.07) is 86.4. The van der Waals surface area contributed by atoms with Crippen molar-refractivity contribution in [2.45, 2.75) is 0 Å². The van der Waals surface area contributed by atoms with Crippen molar-refractivity contribution < 1.29 is 0 Å². The number of benzene rings is 10. The minimum atomic E-state index is 1.10. The molecule has 0 fully saturated rings. The van der Waals surface area contributed by atoms with Crippen molar-refractivity contribution in [3.8, 4) is 33.6 Å². The molecule has 0 saturated heterocycles. The summed E-state index contributed by atoms with van der Waals surface area (Å²) < 4.78 is 7.39. The first-order chi connectivity index (χ1) is 31.7. The highest BCUT2D eigenvalue weighted by atomic mass is 32.1. The third-order valence-corrected chi connectivity index (χ3v) is 14.1. The van der Waals surface area contributed by atoms with Gasteiger partial charge in [0.05, 0.1) is 27.8 Å². The fraction of sp³-hybridized carbons (Fsp3) is 0. The molecule has 0 aliphatic rings. The number of aromatic nitrogens is 2. The van der Waals surface area contributed by atoms with E-state index in [1.807, 2.05) is 11.3 Å². The first-order valence-electron chi connectivity index (χ1n) is 21.8. The fourth-order valence-electron chi connectivity index (χ4n) is 10.0. The van der Waals surface area contributed by atoms with Gasteiger partial charge in [-0.1, -0.05) is 152 Å². The molecule has 0 bridgehead atoms. The molecule has 0 saturated carbocycles. The molecule has 4 heteroatoms. The molecule has 300 valence electrons. The fourth-order valence-corrected chi connectivity index (χ4v) is 11.2. The molecule has 0 N–H and O–H groups in total. The van der Waals surface area contributed by atoms with E-state index in [2.05, 4.69) is 251 Å². The maximum atomic E-state index is 2.42. The Bertz CT molecular complexity index is 3800. The topological polar surface area (TPSA) is 13.1 Å². The van der Waals surface area contributed by atoms with Crippen molar-refractivity contribution in [2.75, 3.05) is 4.90 Å². The van der Waals surface area contributed by atoms with Gasteiger partial charge in [-0.05, 0) is 102 Å². The summed E-state index contributed by atoms with van der Waals surface area (Å²) in [4.78, 5) is 2.39. The first-order valence-corrected chi connectivity index (χ1v) is 22.7. The molecule has 0 unspecified atom stereocenters. The van der Waals surface area contributed by atoms with Gasteiger partial charge >= 0.3 is 0 Å². The molecule has 3 heterocycles. The lowest BCUT2D eigenvalue weighted by Gasteiger charge is -2.26. The molecule has 0 radical (unpaired) electrons. The van der Waals surface area contributed by atoms with Gasteiger partial charge in [-0.15, -0.1) is 11.3 Å². The smallest absolute Gasteiger partial charge is 0.0541 e. The molecule has 0 aliphatic heterocycles. The number of fused-ring (bicyclic) bond motifs is 9. The number of anilines is 3. The van der Waals surface area contributed by atoms with Gasteiger partial charge in [-0.3, -0.25) is 0 Å². The number of para-hydroxylation sites is 5. The van der Waals surface area contributed by atoms with Crippen molar-refractivity contribution in [3.63, 3.8) is 0 Å². The maximum absolute atomic E-state index is 2.42. The molecule has 3 aromatic heterocycles. The lowest BCUT2D eigenvalue weighted by atomic mass is 10.0. The lowest BCUT2D eigenvalue weighted by Crippen LogP contribution is -2.09. The van der Waals surface area contributed by atoms with Crippen molar-refractivity contribution in [2.24, 2.45) is 0 Å². The summed E-state index contributed by atoms with van der Waals surface area (Å²) in [5, 5.41) is 7.65. The minimum Gasteiger partial charge on any atom is -0.310 e. The Balaban J connectivity index is 0.909. The summed E-state index contributed by atoms with van der Waals surface area (Å²) in [6.07, 6.45) is 0. The second-order valence-electron chi connectivity index (χ2n) is 16.5. The first kappa shape index (κ1) is 36.5. The van der Waals surface area contributed by atoms with E-state index in [1.165, 1.54) is 86.0 Å². The zero-order chi connectivity index (χ0) is 42.1. The second kappa shape index (κ2) is 14.7. The summed E-state index contributed by atoms with van der Waals surface area (Å²) in [7, 11) is 0. The molecule has 0 spiro atoms.